The first-order chi connectivity index (χ1) is 12.2. The molecule has 7 nitrogen and oxygen atoms in total. The van der Waals surface area contributed by atoms with E-state index in [2.05, 4.69) is 15.6 Å². The SMILES string of the molecule is CN=C(NCCNC(=O)c1ccccc1Cl)N1CCS(=O)(=O)C(C)(C)C1. The average molecular weight is 401 g/mol. The van der Waals surface area contributed by atoms with Crippen LogP contribution < -0.4 is 10.6 Å². The lowest BCUT2D eigenvalue weighted by molar-refractivity contribution is 0.0954. The summed E-state index contributed by atoms with van der Waals surface area (Å²) in [6.07, 6.45) is 0. The average Bonchev–Trinajstić information content (AvgIpc) is 2.58. The van der Waals surface area contributed by atoms with Crippen molar-refractivity contribution < 1.29 is 13.2 Å². The van der Waals surface area contributed by atoms with Gasteiger partial charge in [0.1, 0.15) is 0 Å². The third-order valence-electron chi connectivity index (χ3n) is 4.37. The molecule has 2 rings (SSSR count). The van der Waals surface area contributed by atoms with Crippen LogP contribution in [0, 0.1) is 0 Å². The predicted molar refractivity (Wildman–Crippen MR) is 105 cm³/mol. The number of halogens is 1. The first-order valence-corrected chi connectivity index (χ1v) is 10.4. The van der Waals surface area contributed by atoms with Crippen molar-refractivity contribution in [1.82, 2.24) is 15.5 Å². The highest BCUT2D eigenvalue weighted by Crippen LogP contribution is 2.23. The molecule has 0 aromatic heterocycles. The van der Waals surface area contributed by atoms with Gasteiger partial charge in [0.05, 0.1) is 21.1 Å². The Bertz CT molecular complexity index is 793. The zero-order chi connectivity index (χ0) is 19.4. The summed E-state index contributed by atoms with van der Waals surface area (Å²) in [6, 6.07) is 6.86. The van der Waals surface area contributed by atoms with Crippen molar-refractivity contribution >= 4 is 33.3 Å². The molecule has 1 aliphatic heterocycles. The number of carbonyl (C=O) groups excluding carboxylic acids is 1. The van der Waals surface area contributed by atoms with E-state index in [9.17, 15) is 13.2 Å². The molecule has 0 unspecified atom stereocenters. The fourth-order valence-corrected chi connectivity index (χ4v) is 4.34. The van der Waals surface area contributed by atoms with E-state index < -0.39 is 14.6 Å². The summed E-state index contributed by atoms with van der Waals surface area (Å²) < 4.78 is 23.4. The van der Waals surface area contributed by atoms with Crippen LogP contribution in [0.1, 0.15) is 24.2 Å². The second-order valence-electron chi connectivity index (χ2n) is 6.71. The minimum absolute atomic E-state index is 0.101. The lowest BCUT2D eigenvalue weighted by Gasteiger charge is -2.39. The van der Waals surface area contributed by atoms with Crippen molar-refractivity contribution in [2.45, 2.75) is 18.6 Å². The molecule has 1 aromatic rings. The zero-order valence-electron chi connectivity index (χ0n) is 15.3. The van der Waals surface area contributed by atoms with Crippen LogP contribution in [0.2, 0.25) is 5.02 Å². The number of aliphatic imine (C=N–C) groups is 1. The van der Waals surface area contributed by atoms with Gasteiger partial charge >= 0.3 is 0 Å². The molecule has 1 heterocycles. The summed E-state index contributed by atoms with van der Waals surface area (Å²) in [4.78, 5) is 18.3. The third kappa shape index (κ3) is 4.67. The van der Waals surface area contributed by atoms with Gasteiger partial charge in [0.25, 0.3) is 5.91 Å². The van der Waals surface area contributed by atoms with Crippen molar-refractivity contribution in [3.05, 3.63) is 34.9 Å². The van der Waals surface area contributed by atoms with E-state index in [-0.39, 0.29) is 11.7 Å². The maximum absolute atomic E-state index is 12.1. The molecular formula is C17H25ClN4O3S. The number of rotatable bonds is 4. The summed E-state index contributed by atoms with van der Waals surface area (Å²) >= 11 is 6.00. The maximum atomic E-state index is 12.1. The number of nitrogens with zero attached hydrogens (tertiary/aromatic N) is 2. The Morgan fingerprint density at radius 2 is 1.92 bits per heavy atom. The number of sulfone groups is 1. The van der Waals surface area contributed by atoms with Crippen LogP contribution in [0.5, 0.6) is 0 Å². The largest absolute Gasteiger partial charge is 0.354 e. The molecule has 1 amide bonds. The molecule has 1 aliphatic rings. The number of hydrogen-bond donors (Lipinski definition) is 2. The molecule has 0 atom stereocenters. The normalized spacial score (nSPS) is 19.1. The molecule has 1 fully saturated rings. The van der Waals surface area contributed by atoms with Crippen LogP contribution in [-0.2, 0) is 9.84 Å². The molecule has 2 N–H and O–H groups in total. The van der Waals surface area contributed by atoms with E-state index in [1.807, 2.05) is 4.90 Å². The second kappa shape index (κ2) is 8.26. The topological polar surface area (TPSA) is 90.9 Å². The van der Waals surface area contributed by atoms with Crippen LogP contribution in [0.4, 0.5) is 0 Å². The maximum Gasteiger partial charge on any atom is 0.252 e. The van der Waals surface area contributed by atoms with Crippen molar-refractivity contribution in [3.63, 3.8) is 0 Å². The monoisotopic (exact) mass is 400 g/mol. The van der Waals surface area contributed by atoms with Gasteiger partial charge in [0, 0.05) is 33.2 Å². The van der Waals surface area contributed by atoms with Crippen LogP contribution in [-0.4, -0.2) is 68.9 Å². The predicted octanol–water partition coefficient (Wildman–Crippen LogP) is 1.15. The lowest BCUT2D eigenvalue weighted by atomic mass is 10.2. The molecule has 0 spiro atoms. The molecule has 1 saturated heterocycles. The summed E-state index contributed by atoms with van der Waals surface area (Å²) in [6.45, 7) is 5.08. The van der Waals surface area contributed by atoms with Crippen LogP contribution in [0.15, 0.2) is 29.3 Å². The number of carbonyl (C=O) groups is 1. The van der Waals surface area contributed by atoms with E-state index in [1.54, 1.807) is 45.2 Å². The minimum atomic E-state index is -3.10. The van der Waals surface area contributed by atoms with Gasteiger partial charge in [-0.05, 0) is 26.0 Å². The molecule has 144 valence electrons. The lowest BCUT2D eigenvalue weighted by Crippen LogP contribution is -2.57. The molecule has 0 bridgehead atoms. The standard InChI is InChI=1S/C17H25ClN4O3S/c1-17(2)12-22(10-11-26(17,24)25)16(19-3)21-9-8-20-15(23)13-6-4-5-7-14(13)18/h4-7H,8-12H2,1-3H3,(H,19,21)(H,20,23). The van der Waals surface area contributed by atoms with Crippen molar-refractivity contribution in [3.8, 4) is 0 Å². The van der Waals surface area contributed by atoms with Gasteiger partial charge in [-0.15, -0.1) is 0 Å². The number of nitrogens with one attached hydrogen (secondary N) is 2. The van der Waals surface area contributed by atoms with Gasteiger partial charge in [-0.25, -0.2) is 8.42 Å². The zero-order valence-corrected chi connectivity index (χ0v) is 16.8. The van der Waals surface area contributed by atoms with Gasteiger partial charge in [-0.1, -0.05) is 23.7 Å². The Morgan fingerprint density at radius 1 is 1.27 bits per heavy atom. The Morgan fingerprint density at radius 3 is 2.54 bits per heavy atom. The highest BCUT2D eigenvalue weighted by molar-refractivity contribution is 7.92. The fourth-order valence-electron chi connectivity index (χ4n) is 2.75. The smallest absolute Gasteiger partial charge is 0.252 e. The quantitative estimate of drug-likeness (QED) is 0.449. The second-order valence-corrected chi connectivity index (χ2v) is 9.86. The van der Waals surface area contributed by atoms with Crippen LogP contribution in [0.25, 0.3) is 0 Å². The number of amides is 1. The highest BCUT2D eigenvalue weighted by Gasteiger charge is 2.40. The highest BCUT2D eigenvalue weighted by atomic mass is 35.5. The van der Waals surface area contributed by atoms with Crippen molar-refractivity contribution in [2.24, 2.45) is 4.99 Å². The number of guanidine groups is 1. The van der Waals surface area contributed by atoms with E-state index >= 15 is 0 Å². The summed E-state index contributed by atoms with van der Waals surface area (Å²) in [5.41, 5.74) is 0.432. The molecular weight excluding hydrogens is 376 g/mol. The summed E-state index contributed by atoms with van der Waals surface area (Å²) in [5, 5.41) is 6.36. The van der Waals surface area contributed by atoms with Gasteiger partial charge < -0.3 is 15.5 Å². The number of benzene rings is 1. The molecule has 1 aromatic carbocycles. The van der Waals surface area contributed by atoms with Gasteiger partial charge in [0.15, 0.2) is 15.8 Å². The molecule has 0 radical (unpaired) electrons. The first kappa shape index (κ1) is 20.5. The molecule has 9 heteroatoms. The Hall–Kier alpha value is -1.80. The first-order valence-electron chi connectivity index (χ1n) is 8.38. The summed E-state index contributed by atoms with van der Waals surface area (Å²) in [5.74, 6) is 0.488. The van der Waals surface area contributed by atoms with E-state index in [0.717, 1.165) is 0 Å². The van der Waals surface area contributed by atoms with Gasteiger partial charge in [-0.3, -0.25) is 9.79 Å². The summed E-state index contributed by atoms with van der Waals surface area (Å²) in [7, 11) is -1.45. The Kier molecular flexibility index (Phi) is 6.52. The molecule has 0 aliphatic carbocycles. The van der Waals surface area contributed by atoms with E-state index in [4.69, 9.17) is 11.6 Å². The van der Waals surface area contributed by atoms with Crippen molar-refractivity contribution in [1.29, 1.82) is 0 Å². The molecule has 26 heavy (non-hydrogen) atoms. The van der Waals surface area contributed by atoms with E-state index in [0.29, 0.717) is 42.7 Å². The fraction of sp³-hybridized carbons (Fsp3) is 0.529. The van der Waals surface area contributed by atoms with Crippen LogP contribution >= 0.6 is 11.6 Å². The van der Waals surface area contributed by atoms with Gasteiger partial charge in [0.2, 0.25) is 0 Å². The van der Waals surface area contributed by atoms with Crippen LogP contribution in [0.3, 0.4) is 0 Å². The third-order valence-corrected chi connectivity index (χ3v) is 7.23. The van der Waals surface area contributed by atoms with E-state index in [1.165, 1.54) is 0 Å². The molecule has 0 saturated carbocycles. The van der Waals surface area contributed by atoms with Gasteiger partial charge in [-0.2, -0.15) is 0 Å². The Labute approximate surface area is 159 Å². The van der Waals surface area contributed by atoms with Crippen molar-refractivity contribution in [2.75, 3.05) is 39.0 Å². The Balaban J connectivity index is 1.85. The minimum Gasteiger partial charge on any atom is -0.354 e. The number of hydrogen-bond acceptors (Lipinski definition) is 4.